The lowest BCUT2D eigenvalue weighted by atomic mass is 10.2. The predicted molar refractivity (Wildman–Crippen MR) is 70.8 cm³/mol. The first-order chi connectivity index (χ1) is 9.15. The van der Waals surface area contributed by atoms with E-state index in [2.05, 4.69) is 15.3 Å². The second kappa shape index (κ2) is 6.05. The van der Waals surface area contributed by atoms with Crippen molar-refractivity contribution in [1.29, 1.82) is 0 Å². The Hall–Kier alpha value is -2.28. The van der Waals surface area contributed by atoms with Crippen molar-refractivity contribution >= 4 is 28.3 Å². The molecular formula is C12H11N3O3S. The van der Waals surface area contributed by atoms with Crippen LogP contribution in [0.3, 0.4) is 0 Å². The van der Waals surface area contributed by atoms with Gasteiger partial charge in [0.1, 0.15) is 0 Å². The van der Waals surface area contributed by atoms with E-state index in [1.165, 1.54) is 11.3 Å². The summed E-state index contributed by atoms with van der Waals surface area (Å²) in [6.45, 7) is 0. The number of nitrogens with zero attached hydrogens (tertiary/aromatic N) is 2. The maximum Gasteiger partial charge on any atom is 0.303 e. The molecule has 6 nitrogen and oxygen atoms in total. The number of amides is 1. The number of aliphatic carboxylic acids is 1. The highest BCUT2D eigenvalue weighted by atomic mass is 32.1. The predicted octanol–water partition coefficient (Wildman–Crippen LogP) is 2.01. The number of anilines is 1. The van der Waals surface area contributed by atoms with Gasteiger partial charge in [-0.2, -0.15) is 0 Å². The fourth-order valence-corrected chi connectivity index (χ4v) is 2.12. The van der Waals surface area contributed by atoms with Crippen molar-refractivity contribution in [1.82, 2.24) is 9.97 Å². The molecule has 0 unspecified atom stereocenters. The zero-order chi connectivity index (χ0) is 13.7. The average molecular weight is 277 g/mol. The zero-order valence-electron chi connectivity index (χ0n) is 9.87. The summed E-state index contributed by atoms with van der Waals surface area (Å²) >= 11 is 1.30. The molecule has 2 N–H and O–H groups in total. The summed E-state index contributed by atoms with van der Waals surface area (Å²) in [6, 6.07) is 3.65. The number of hydrogen-bond acceptors (Lipinski definition) is 5. The largest absolute Gasteiger partial charge is 0.481 e. The van der Waals surface area contributed by atoms with Crippen molar-refractivity contribution in [2.75, 3.05) is 5.32 Å². The van der Waals surface area contributed by atoms with E-state index < -0.39 is 5.97 Å². The van der Waals surface area contributed by atoms with Crippen molar-refractivity contribution in [3.63, 3.8) is 0 Å². The molecule has 2 rings (SSSR count). The van der Waals surface area contributed by atoms with Crippen molar-refractivity contribution in [3.8, 4) is 11.3 Å². The highest BCUT2D eigenvalue weighted by Gasteiger charge is 2.09. The highest BCUT2D eigenvalue weighted by molar-refractivity contribution is 7.14. The molecule has 2 heterocycles. The molecule has 0 aliphatic rings. The Morgan fingerprint density at radius 3 is 2.68 bits per heavy atom. The number of nitrogens with one attached hydrogen (secondary N) is 1. The molecule has 0 fully saturated rings. The number of carbonyl (C=O) groups excluding carboxylic acids is 1. The third-order valence-electron chi connectivity index (χ3n) is 2.29. The Morgan fingerprint density at radius 2 is 2.00 bits per heavy atom. The Bertz CT molecular complexity index is 583. The maximum atomic E-state index is 11.4. The van der Waals surface area contributed by atoms with Crippen LogP contribution in [0.25, 0.3) is 11.3 Å². The summed E-state index contributed by atoms with van der Waals surface area (Å²) in [4.78, 5) is 30.0. The summed E-state index contributed by atoms with van der Waals surface area (Å²) in [5.41, 5.74) is 1.67. The van der Waals surface area contributed by atoms with E-state index in [-0.39, 0.29) is 18.7 Å². The SMILES string of the molecule is O=C(O)CCC(=O)Nc1nc(-c2ccncc2)cs1. The molecule has 0 bridgehead atoms. The molecule has 0 atom stereocenters. The maximum absolute atomic E-state index is 11.4. The van der Waals surface area contributed by atoms with Crippen LogP contribution in [0.4, 0.5) is 5.13 Å². The quantitative estimate of drug-likeness (QED) is 0.872. The van der Waals surface area contributed by atoms with Crippen LogP contribution in [0.5, 0.6) is 0 Å². The third kappa shape index (κ3) is 3.85. The van der Waals surface area contributed by atoms with E-state index in [0.717, 1.165) is 11.3 Å². The van der Waals surface area contributed by atoms with Crippen LogP contribution in [0.1, 0.15) is 12.8 Å². The summed E-state index contributed by atoms with van der Waals surface area (Å²) in [7, 11) is 0. The second-order valence-electron chi connectivity index (χ2n) is 3.72. The van der Waals surface area contributed by atoms with Gasteiger partial charge in [-0.25, -0.2) is 4.98 Å². The van der Waals surface area contributed by atoms with Gasteiger partial charge in [0.15, 0.2) is 5.13 Å². The van der Waals surface area contributed by atoms with E-state index in [9.17, 15) is 9.59 Å². The fraction of sp³-hybridized carbons (Fsp3) is 0.167. The van der Waals surface area contributed by atoms with Crippen LogP contribution >= 0.6 is 11.3 Å². The standard InChI is InChI=1S/C12H11N3O3S/c16-10(1-2-11(17)18)15-12-14-9(7-19-12)8-3-5-13-6-4-8/h3-7H,1-2H2,(H,17,18)(H,14,15,16). The number of carbonyl (C=O) groups is 2. The smallest absolute Gasteiger partial charge is 0.303 e. The summed E-state index contributed by atoms with van der Waals surface area (Å²) in [5, 5.41) is 13.3. The molecular weight excluding hydrogens is 266 g/mol. The average Bonchev–Trinajstić information content (AvgIpc) is 2.86. The van der Waals surface area contributed by atoms with E-state index in [4.69, 9.17) is 5.11 Å². The van der Waals surface area contributed by atoms with Crippen LogP contribution in [0, 0.1) is 0 Å². The van der Waals surface area contributed by atoms with E-state index in [1.54, 1.807) is 12.4 Å². The Labute approximate surface area is 113 Å². The summed E-state index contributed by atoms with van der Waals surface area (Å²) < 4.78 is 0. The number of thiazole rings is 1. The van der Waals surface area contributed by atoms with Crippen LogP contribution in [0.2, 0.25) is 0 Å². The van der Waals surface area contributed by atoms with Crippen LogP contribution in [-0.2, 0) is 9.59 Å². The van der Waals surface area contributed by atoms with E-state index in [0.29, 0.717) is 5.13 Å². The monoisotopic (exact) mass is 277 g/mol. The van der Waals surface area contributed by atoms with Crippen LogP contribution < -0.4 is 5.32 Å². The fourth-order valence-electron chi connectivity index (χ4n) is 1.39. The molecule has 7 heteroatoms. The molecule has 2 aromatic heterocycles. The van der Waals surface area contributed by atoms with Gasteiger partial charge in [-0.05, 0) is 12.1 Å². The minimum atomic E-state index is -0.994. The number of carboxylic acids is 1. The van der Waals surface area contributed by atoms with Gasteiger partial charge in [0.05, 0.1) is 12.1 Å². The first-order valence-electron chi connectivity index (χ1n) is 5.53. The van der Waals surface area contributed by atoms with Crippen molar-refractivity contribution < 1.29 is 14.7 Å². The molecule has 0 aliphatic carbocycles. The van der Waals surface area contributed by atoms with E-state index in [1.807, 2.05) is 17.5 Å². The highest BCUT2D eigenvalue weighted by Crippen LogP contribution is 2.24. The molecule has 0 saturated carbocycles. The number of hydrogen-bond donors (Lipinski definition) is 2. The number of aromatic nitrogens is 2. The number of pyridine rings is 1. The van der Waals surface area contributed by atoms with Gasteiger partial charge in [0.25, 0.3) is 0 Å². The van der Waals surface area contributed by atoms with Gasteiger partial charge in [0.2, 0.25) is 5.91 Å². The minimum absolute atomic E-state index is 0.0560. The Balaban J connectivity index is 1.98. The topological polar surface area (TPSA) is 92.2 Å². The lowest BCUT2D eigenvalue weighted by Crippen LogP contribution is -2.12. The lowest BCUT2D eigenvalue weighted by Gasteiger charge is -1.99. The molecule has 1 amide bonds. The summed E-state index contributed by atoms with van der Waals surface area (Å²) in [5.74, 6) is -1.34. The van der Waals surface area contributed by atoms with Crippen molar-refractivity contribution in [2.24, 2.45) is 0 Å². The third-order valence-corrected chi connectivity index (χ3v) is 3.05. The van der Waals surface area contributed by atoms with E-state index >= 15 is 0 Å². The van der Waals surface area contributed by atoms with Crippen LogP contribution in [-0.4, -0.2) is 27.0 Å². The van der Waals surface area contributed by atoms with Gasteiger partial charge in [-0.1, -0.05) is 0 Å². The molecule has 2 aromatic rings. The van der Waals surface area contributed by atoms with Gasteiger partial charge in [-0.15, -0.1) is 11.3 Å². The molecule has 0 radical (unpaired) electrons. The number of rotatable bonds is 5. The first-order valence-corrected chi connectivity index (χ1v) is 6.40. The minimum Gasteiger partial charge on any atom is -0.481 e. The van der Waals surface area contributed by atoms with Gasteiger partial charge < -0.3 is 10.4 Å². The Kier molecular flexibility index (Phi) is 4.19. The number of carboxylic acid groups (broad SMARTS) is 1. The zero-order valence-corrected chi connectivity index (χ0v) is 10.7. The first kappa shape index (κ1) is 13.2. The van der Waals surface area contributed by atoms with Gasteiger partial charge >= 0.3 is 5.97 Å². The molecule has 19 heavy (non-hydrogen) atoms. The summed E-state index contributed by atoms with van der Waals surface area (Å²) in [6.07, 6.45) is 3.09. The van der Waals surface area contributed by atoms with Crippen molar-refractivity contribution in [3.05, 3.63) is 29.9 Å². The van der Waals surface area contributed by atoms with Crippen molar-refractivity contribution in [2.45, 2.75) is 12.8 Å². The van der Waals surface area contributed by atoms with Gasteiger partial charge in [0, 0.05) is 29.8 Å². The Morgan fingerprint density at radius 1 is 1.26 bits per heavy atom. The molecule has 0 saturated heterocycles. The lowest BCUT2D eigenvalue weighted by molar-refractivity contribution is -0.138. The molecule has 0 aromatic carbocycles. The second-order valence-corrected chi connectivity index (χ2v) is 4.57. The molecule has 0 aliphatic heterocycles. The van der Waals surface area contributed by atoms with Crippen LogP contribution in [0.15, 0.2) is 29.9 Å². The normalized spacial score (nSPS) is 10.1. The molecule has 0 spiro atoms. The molecule has 98 valence electrons. The van der Waals surface area contributed by atoms with Gasteiger partial charge in [-0.3, -0.25) is 14.6 Å².